The fourth-order valence-corrected chi connectivity index (χ4v) is 2.26. The summed E-state index contributed by atoms with van der Waals surface area (Å²) in [6, 6.07) is 8.37. The molecule has 110 valence electrons. The summed E-state index contributed by atoms with van der Waals surface area (Å²) in [5.74, 6) is 1.01. The summed E-state index contributed by atoms with van der Waals surface area (Å²) in [4.78, 5) is 12.1. The average molecular weight is 287 g/mol. The molecule has 1 atom stereocenters. The molecule has 1 saturated heterocycles. The lowest BCUT2D eigenvalue weighted by atomic mass is 10.2. The Labute approximate surface area is 122 Å². The van der Waals surface area contributed by atoms with Crippen molar-refractivity contribution in [3.8, 4) is 11.5 Å². The predicted octanol–water partition coefficient (Wildman–Crippen LogP) is 2.32. The summed E-state index contributed by atoms with van der Waals surface area (Å²) in [6.07, 6.45) is 4.14. The van der Waals surface area contributed by atoms with Crippen LogP contribution in [0.1, 0.15) is 25.5 Å². The number of anilines is 1. The van der Waals surface area contributed by atoms with Crippen molar-refractivity contribution in [2.75, 3.05) is 12.3 Å². The summed E-state index contributed by atoms with van der Waals surface area (Å²) in [5.41, 5.74) is 6.04. The highest BCUT2D eigenvalue weighted by molar-refractivity contribution is 5.42. The molecular formula is C15H17N3O3. The molecule has 0 amide bonds. The first kappa shape index (κ1) is 13.6. The maximum atomic E-state index is 12.1. The van der Waals surface area contributed by atoms with Crippen LogP contribution in [0.4, 0.5) is 5.69 Å². The number of hydrogen-bond donors (Lipinski definition) is 1. The van der Waals surface area contributed by atoms with E-state index in [1.54, 1.807) is 24.3 Å². The number of ether oxygens (including phenoxy) is 2. The van der Waals surface area contributed by atoms with Gasteiger partial charge in [-0.3, -0.25) is 4.79 Å². The van der Waals surface area contributed by atoms with Crippen LogP contribution in [0.15, 0.2) is 41.3 Å². The minimum atomic E-state index is -0.267. The van der Waals surface area contributed by atoms with Crippen molar-refractivity contribution in [2.45, 2.75) is 25.5 Å². The number of nitrogens with zero attached hydrogens (tertiary/aromatic N) is 2. The van der Waals surface area contributed by atoms with Gasteiger partial charge in [0, 0.05) is 18.4 Å². The highest BCUT2D eigenvalue weighted by atomic mass is 16.5. The molecule has 1 unspecified atom stereocenters. The maximum Gasteiger partial charge on any atom is 0.272 e. The van der Waals surface area contributed by atoms with E-state index in [1.807, 2.05) is 0 Å². The van der Waals surface area contributed by atoms with Crippen LogP contribution in [0.25, 0.3) is 0 Å². The van der Waals surface area contributed by atoms with Crippen LogP contribution in [-0.2, 0) is 4.74 Å². The van der Waals surface area contributed by atoms with Crippen molar-refractivity contribution in [1.82, 2.24) is 9.78 Å². The first-order chi connectivity index (χ1) is 10.2. The SMILES string of the molecule is Nc1ccc(Oc2cnn(C3CCCCO3)c(=O)c2)cc1. The summed E-state index contributed by atoms with van der Waals surface area (Å²) in [7, 11) is 0. The second-order valence-corrected chi connectivity index (χ2v) is 4.97. The Hall–Kier alpha value is -2.34. The fraction of sp³-hybridized carbons (Fsp3) is 0.333. The average Bonchev–Trinajstić information content (AvgIpc) is 2.51. The zero-order valence-electron chi connectivity index (χ0n) is 11.6. The number of benzene rings is 1. The van der Waals surface area contributed by atoms with E-state index < -0.39 is 0 Å². The lowest BCUT2D eigenvalue weighted by Gasteiger charge is -2.23. The number of nitrogen functional groups attached to an aromatic ring is 1. The monoisotopic (exact) mass is 287 g/mol. The Bertz CT molecular complexity index is 661. The van der Waals surface area contributed by atoms with Crippen LogP contribution in [0.5, 0.6) is 11.5 Å². The Balaban J connectivity index is 1.77. The van der Waals surface area contributed by atoms with Crippen LogP contribution >= 0.6 is 0 Å². The quantitative estimate of drug-likeness (QED) is 0.876. The zero-order valence-corrected chi connectivity index (χ0v) is 11.6. The minimum absolute atomic E-state index is 0.227. The second kappa shape index (κ2) is 5.97. The summed E-state index contributed by atoms with van der Waals surface area (Å²) in [6.45, 7) is 0.669. The van der Waals surface area contributed by atoms with Crippen LogP contribution in [0, 0.1) is 0 Å². The molecule has 2 heterocycles. The zero-order chi connectivity index (χ0) is 14.7. The van der Waals surface area contributed by atoms with Crippen molar-refractivity contribution >= 4 is 5.69 Å². The predicted molar refractivity (Wildman–Crippen MR) is 78.3 cm³/mol. The largest absolute Gasteiger partial charge is 0.455 e. The standard InChI is InChI=1S/C15H17N3O3/c16-11-4-6-12(7-5-11)21-13-9-14(19)18(17-10-13)15-3-1-2-8-20-15/h4-7,9-10,15H,1-3,8,16H2. The Morgan fingerprint density at radius 2 is 2.05 bits per heavy atom. The number of nitrogens with two attached hydrogens (primary N) is 1. The van der Waals surface area contributed by atoms with Crippen molar-refractivity contribution in [1.29, 1.82) is 0 Å². The smallest absolute Gasteiger partial charge is 0.272 e. The molecule has 0 aliphatic carbocycles. The Morgan fingerprint density at radius 3 is 2.71 bits per heavy atom. The molecule has 0 radical (unpaired) electrons. The first-order valence-electron chi connectivity index (χ1n) is 6.96. The van der Waals surface area contributed by atoms with Crippen LogP contribution in [0.3, 0.4) is 0 Å². The molecule has 1 aromatic heterocycles. The fourth-order valence-electron chi connectivity index (χ4n) is 2.26. The Kier molecular flexibility index (Phi) is 3.87. The molecule has 0 spiro atoms. The van der Waals surface area contributed by atoms with Crippen molar-refractivity contribution < 1.29 is 9.47 Å². The van der Waals surface area contributed by atoms with E-state index >= 15 is 0 Å². The van der Waals surface area contributed by atoms with Gasteiger partial charge in [0.25, 0.3) is 5.56 Å². The van der Waals surface area contributed by atoms with Crippen LogP contribution in [0.2, 0.25) is 0 Å². The minimum Gasteiger partial charge on any atom is -0.455 e. The van der Waals surface area contributed by atoms with Gasteiger partial charge in [0.05, 0.1) is 6.20 Å². The molecule has 6 nitrogen and oxygen atoms in total. The second-order valence-electron chi connectivity index (χ2n) is 4.97. The van der Waals surface area contributed by atoms with E-state index in [0.29, 0.717) is 23.8 Å². The van der Waals surface area contributed by atoms with E-state index in [2.05, 4.69) is 5.10 Å². The van der Waals surface area contributed by atoms with E-state index in [4.69, 9.17) is 15.2 Å². The number of aromatic nitrogens is 2. The van der Waals surface area contributed by atoms with Gasteiger partial charge in [0.15, 0.2) is 12.0 Å². The highest BCUT2D eigenvalue weighted by Crippen LogP contribution is 2.22. The van der Waals surface area contributed by atoms with E-state index in [1.165, 1.54) is 16.9 Å². The third-order valence-electron chi connectivity index (χ3n) is 3.35. The van der Waals surface area contributed by atoms with Crippen molar-refractivity contribution in [2.24, 2.45) is 0 Å². The van der Waals surface area contributed by atoms with Crippen molar-refractivity contribution in [3.05, 3.63) is 46.9 Å². The third-order valence-corrected chi connectivity index (χ3v) is 3.35. The molecule has 2 aromatic rings. The van der Waals surface area contributed by atoms with E-state index in [0.717, 1.165) is 19.3 Å². The van der Waals surface area contributed by atoms with Gasteiger partial charge in [-0.05, 0) is 43.5 Å². The lowest BCUT2D eigenvalue weighted by Crippen LogP contribution is -2.30. The van der Waals surface area contributed by atoms with Gasteiger partial charge < -0.3 is 15.2 Å². The molecule has 0 saturated carbocycles. The van der Waals surface area contributed by atoms with E-state index in [-0.39, 0.29) is 11.8 Å². The van der Waals surface area contributed by atoms with Gasteiger partial charge in [-0.15, -0.1) is 0 Å². The van der Waals surface area contributed by atoms with Gasteiger partial charge in [-0.2, -0.15) is 5.10 Å². The molecule has 1 aromatic carbocycles. The third kappa shape index (κ3) is 3.22. The van der Waals surface area contributed by atoms with Crippen molar-refractivity contribution in [3.63, 3.8) is 0 Å². The summed E-state index contributed by atoms with van der Waals surface area (Å²) in [5, 5.41) is 4.15. The van der Waals surface area contributed by atoms with Gasteiger partial charge in [-0.25, -0.2) is 4.68 Å². The highest BCUT2D eigenvalue weighted by Gasteiger charge is 2.18. The Morgan fingerprint density at radius 1 is 1.24 bits per heavy atom. The maximum absolute atomic E-state index is 12.1. The molecule has 0 bridgehead atoms. The van der Waals surface area contributed by atoms with Crippen LogP contribution in [-0.4, -0.2) is 16.4 Å². The van der Waals surface area contributed by atoms with E-state index in [9.17, 15) is 4.79 Å². The molecule has 3 rings (SSSR count). The van der Waals surface area contributed by atoms with Gasteiger partial charge >= 0.3 is 0 Å². The molecule has 6 heteroatoms. The van der Waals surface area contributed by atoms with Gasteiger partial charge in [0.2, 0.25) is 0 Å². The van der Waals surface area contributed by atoms with Gasteiger partial charge in [0.1, 0.15) is 5.75 Å². The number of rotatable bonds is 3. The topological polar surface area (TPSA) is 79.4 Å². The lowest BCUT2D eigenvalue weighted by molar-refractivity contribution is -0.0425. The number of hydrogen-bond acceptors (Lipinski definition) is 5. The first-order valence-corrected chi connectivity index (χ1v) is 6.96. The summed E-state index contributed by atoms with van der Waals surface area (Å²) >= 11 is 0. The molecule has 1 fully saturated rings. The molecule has 1 aliphatic rings. The molecule has 21 heavy (non-hydrogen) atoms. The summed E-state index contributed by atoms with van der Waals surface area (Å²) < 4.78 is 12.5. The normalized spacial score (nSPS) is 18.4. The molecule has 2 N–H and O–H groups in total. The van der Waals surface area contributed by atoms with Crippen LogP contribution < -0.4 is 16.0 Å². The van der Waals surface area contributed by atoms with Gasteiger partial charge in [-0.1, -0.05) is 0 Å². The molecular weight excluding hydrogens is 270 g/mol. The molecule has 1 aliphatic heterocycles.